The van der Waals surface area contributed by atoms with Gasteiger partial charge < -0.3 is 19.7 Å². The molecule has 1 N–H and O–H groups in total. The molecule has 152 valence electrons. The molecule has 0 saturated carbocycles. The summed E-state index contributed by atoms with van der Waals surface area (Å²) < 4.78 is 10.2. The predicted octanol–water partition coefficient (Wildman–Crippen LogP) is 3.54. The van der Waals surface area contributed by atoms with Crippen molar-refractivity contribution in [3.63, 3.8) is 0 Å². The molecular weight excluding hydrogens is 419 g/mol. The first kappa shape index (κ1) is 21.0. The first-order valence-electron chi connectivity index (χ1n) is 8.73. The average molecular weight is 437 g/mol. The van der Waals surface area contributed by atoms with Gasteiger partial charge in [0.25, 0.3) is 5.91 Å². The van der Waals surface area contributed by atoms with Gasteiger partial charge in [-0.05, 0) is 42.5 Å². The molecule has 9 heteroatoms. The molecule has 0 aromatic heterocycles. The Morgan fingerprint density at radius 2 is 1.90 bits per heavy atom. The first-order valence-corrected chi connectivity index (χ1v) is 9.49. The van der Waals surface area contributed by atoms with Crippen LogP contribution in [0.25, 0.3) is 0 Å². The number of amides is 2. The van der Waals surface area contributed by atoms with E-state index in [0.717, 1.165) is 0 Å². The smallest absolute Gasteiger partial charge is 0.311 e. The molecule has 1 saturated heterocycles. The van der Waals surface area contributed by atoms with E-state index < -0.39 is 24.4 Å². The summed E-state index contributed by atoms with van der Waals surface area (Å²) in [4.78, 5) is 38.1. The highest BCUT2D eigenvalue weighted by molar-refractivity contribution is 6.35. The van der Waals surface area contributed by atoms with Gasteiger partial charge in [-0.15, -0.1) is 0 Å². The number of anilines is 2. The number of halogens is 2. The maximum Gasteiger partial charge on any atom is 0.311 e. The van der Waals surface area contributed by atoms with Gasteiger partial charge >= 0.3 is 5.97 Å². The number of carbonyl (C=O) groups is 3. The first-order chi connectivity index (χ1) is 13.9. The number of nitrogens with one attached hydrogen (secondary N) is 1. The summed E-state index contributed by atoms with van der Waals surface area (Å²) in [6.07, 6.45) is 0.0204. The number of benzene rings is 2. The van der Waals surface area contributed by atoms with Gasteiger partial charge in [-0.2, -0.15) is 0 Å². The van der Waals surface area contributed by atoms with Gasteiger partial charge in [0.2, 0.25) is 5.91 Å². The number of esters is 1. The Bertz CT molecular complexity index is 933. The van der Waals surface area contributed by atoms with Crippen LogP contribution in [-0.4, -0.2) is 38.0 Å². The van der Waals surface area contributed by atoms with Crippen LogP contribution in [0.2, 0.25) is 10.0 Å². The van der Waals surface area contributed by atoms with Crippen LogP contribution in [0, 0.1) is 5.92 Å². The molecule has 0 unspecified atom stereocenters. The van der Waals surface area contributed by atoms with E-state index in [2.05, 4.69) is 5.32 Å². The van der Waals surface area contributed by atoms with Crippen LogP contribution in [0.15, 0.2) is 42.5 Å². The van der Waals surface area contributed by atoms with Crippen molar-refractivity contribution in [1.82, 2.24) is 0 Å². The Hall–Kier alpha value is -2.77. The van der Waals surface area contributed by atoms with E-state index >= 15 is 0 Å². The number of hydrogen-bond acceptors (Lipinski definition) is 5. The van der Waals surface area contributed by atoms with Gasteiger partial charge in [0.1, 0.15) is 5.75 Å². The van der Waals surface area contributed by atoms with Crippen LogP contribution in [0.4, 0.5) is 11.4 Å². The minimum Gasteiger partial charge on any atom is -0.497 e. The van der Waals surface area contributed by atoms with E-state index in [0.29, 0.717) is 27.2 Å². The van der Waals surface area contributed by atoms with Crippen molar-refractivity contribution < 1.29 is 23.9 Å². The molecule has 0 aliphatic carbocycles. The molecule has 1 heterocycles. The van der Waals surface area contributed by atoms with E-state index in [9.17, 15) is 14.4 Å². The standard InChI is InChI=1S/C20H18Cl2N2O5/c1-28-15-5-3-14(4-6-15)24-10-12(8-19(24)26)20(27)29-11-18(25)23-17-9-13(21)2-7-16(17)22/h2-7,9,12H,8,10-11H2,1H3,(H,23,25)/t12-/m0/s1. The van der Waals surface area contributed by atoms with Gasteiger partial charge in [-0.1, -0.05) is 23.2 Å². The number of nitrogens with zero attached hydrogens (tertiary/aromatic N) is 1. The van der Waals surface area contributed by atoms with Gasteiger partial charge in [-0.3, -0.25) is 14.4 Å². The molecule has 1 aliphatic rings. The van der Waals surface area contributed by atoms with Gasteiger partial charge in [0, 0.05) is 23.7 Å². The van der Waals surface area contributed by atoms with E-state index in [1.807, 2.05) is 0 Å². The minimum absolute atomic E-state index is 0.0204. The zero-order valence-corrected chi connectivity index (χ0v) is 17.0. The molecule has 1 aliphatic heterocycles. The monoisotopic (exact) mass is 436 g/mol. The summed E-state index contributed by atoms with van der Waals surface area (Å²) in [5.41, 5.74) is 0.987. The third-order valence-electron chi connectivity index (χ3n) is 4.39. The number of rotatable bonds is 6. The molecular formula is C20H18Cl2N2O5. The highest BCUT2D eigenvalue weighted by Crippen LogP contribution is 2.28. The number of carbonyl (C=O) groups excluding carboxylic acids is 3. The summed E-state index contributed by atoms with van der Waals surface area (Å²) >= 11 is 11.9. The molecule has 29 heavy (non-hydrogen) atoms. The van der Waals surface area contributed by atoms with Crippen molar-refractivity contribution in [2.45, 2.75) is 6.42 Å². The second kappa shape index (κ2) is 9.15. The summed E-state index contributed by atoms with van der Waals surface area (Å²) in [6.45, 7) is -0.305. The van der Waals surface area contributed by atoms with Crippen molar-refractivity contribution in [3.05, 3.63) is 52.5 Å². The summed E-state index contributed by atoms with van der Waals surface area (Å²) in [5.74, 6) is -1.33. The SMILES string of the molecule is COc1ccc(N2C[C@@H](C(=O)OCC(=O)Nc3cc(Cl)ccc3Cl)CC2=O)cc1. The van der Waals surface area contributed by atoms with Gasteiger partial charge in [0.15, 0.2) is 6.61 Å². The van der Waals surface area contributed by atoms with Crippen LogP contribution in [-0.2, 0) is 19.1 Å². The maximum atomic E-state index is 12.3. The minimum atomic E-state index is -0.646. The quantitative estimate of drug-likeness (QED) is 0.699. The lowest BCUT2D eigenvalue weighted by molar-refractivity contribution is -0.151. The fourth-order valence-electron chi connectivity index (χ4n) is 2.91. The molecule has 0 radical (unpaired) electrons. The van der Waals surface area contributed by atoms with Crippen molar-refractivity contribution >= 4 is 52.4 Å². The molecule has 2 aromatic carbocycles. The van der Waals surface area contributed by atoms with Crippen molar-refractivity contribution in [1.29, 1.82) is 0 Å². The third-order valence-corrected chi connectivity index (χ3v) is 4.96. The van der Waals surface area contributed by atoms with E-state index in [1.54, 1.807) is 43.5 Å². The van der Waals surface area contributed by atoms with Crippen molar-refractivity contribution in [2.75, 3.05) is 30.5 Å². The zero-order valence-electron chi connectivity index (χ0n) is 15.5. The van der Waals surface area contributed by atoms with Crippen LogP contribution in [0.5, 0.6) is 5.75 Å². The van der Waals surface area contributed by atoms with Crippen LogP contribution >= 0.6 is 23.2 Å². The summed E-state index contributed by atoms with van der Waals surface area (Å²) in [7, 11) is 1.55. The van der Waals surface area contributed by atoms with Crippen molar-refractivity contribution in [3.8, 4) is 5.75 Å². The molecule has 2 amide bonds. The number of ether oxygens (including phenoxy) is 2. The van der Waals surface area contributed by atoms with Crippen LogP contribution in [0.3, 0.4) is 0 Å². The average Bonchev–Trinajstić information content (AvgIpc) is 3.10. The van der Waals surface area contributed by atoms with E-state index in [-0.39, 0.29) is 18.9 Å². The predicted molar refractivity (Wildman–Crippen MR) is 110 cm³/mol. The van der Waals surface area contributed by atoms with Crippen LogP contribution < -0.4 is 15.0 Å². The lowest BCUT2D eigenvalue weighted by Gasteiger charge is -2.17. The topological polar surface area (TPSA) is 84.9 Å². The lowest BCUT2D eigenvalue weighted by Crippen LogP contribution is -2.28. The van der Waals surface area contributed by atoms with E-state index in [4.69, 9.17) is 32.7 Å². The highest BCUT2D eigenvalue weighted by atomic mass is 35.5. The van der Waals surface area contributed by atoms with Crippen molar-refractivity contribution in [2.24, 2.45) is 5.92 Å². The largest absolute Gasteiger partial charge is 0.497 e. The Labute approximate surface area is 177 Å². The lowest BCUT2D eigenvalue weighted by atomic mass is 10.1. The molecule has 1 fully saturated rings. The Kier molecular flexibility index (Phi) is 6.61. The normalized spacial score (nSPS) is 15.9. The molecule has 2 aromatic rings. The van der Waals surface area contributed by atoms with E-state index in [1.165, 1.54) is 11.0 Å². The second-order valence-electron chi connectivity index (χ2n) is 6.38. The summed E-state index contributed by atoms with van der Waals surface area (Å²) in [5, 5.41) is 3.25. The fourth-order valence-corrected chi connectivity index (χ4v) is 3.25. The zero-order chi connectivity index (χ0) is 21.0. The molecule has 7 nitrogen and oxygen atoms in total. The molecule has 1 atom stereocenters. The maximum absolute atomic E-state index is 12.3. The molecule has 0 bridgehead atoms. The van der Waals surface area contributed by atoms with Gasteiger partial charge in [-0.25, -0.2) is 0 Å². The highest BCUT2D eigenvalue weighted by Gasteiger charge is 2.36. The summed E-state index contributed by atoms with van der Waals surface area (Å²) in [6, 6.07) is 11.6. The second-order valence-corrected chi connectivity index (χ2v) is 7.23. The van der Waals surface area contributed by atoms with Crippen LogP contribution in [0.1, 0.15) is 6.42 Å². The molecule has 3 rings (SSSR count). The Balaban J connectivity index is 1.53. The Morgan fingerprint density at radius 1 is 1.17 bits per heavy atom. The Morgan fingerprint density at radius 3 is 2.59 bits per heavy atom. The number of hydrogen-bond donors (Lipinski definition) is 1. The van der Waals surface area contributed by atoms with Gasteiger partial charge in [0.05, 0.1) is 23.7 Å². The number of methoxy groups -OCH3 is 1. The third kappa shape index (κ3) is 5.19. The fraction of sp³-hybridized carbons (Fsp3) is 0.250. The molecule has 0 spiro atoms.